The van der Waals surface area contributed by atoms with Crippen molar-refractivity contribution in [2.75, 3.05) is 0 Å². The molecule has 0 spiro atoms. The minimum absolute atomic E-state index is 0.224. The van der Waals surface area contributed by atoms with Gasteiger partial charge in [0.05, 0.1) is 11.1 Å². The van der Waals surface area contributed by atoms with E-state index in [9.17, 15) is 0 Å². The highest BCUT2D eigenvalue weighted by Crippen LogP contribution is 2.39. The molecule has 1 aliphatic heterocycles. The number of fused-ring (bicyclic) bond motifs is 2. The van der Waals surface area contributed by atoms with Gasteiger partial charge in [-0.1, -0.05) is 41.1 Å². The molecule has 1 unspecified atom stereocenters. The predicted octanol–water partition coefficient (Wildman–Crippen LogP) is 4.52. The van der Waals surface area contributed by atoms with Crippen molar-refractivity contribution in [3.05, 3.63) is 63.9 Å². The Morgan fingerprint density at radius 2 is 1.75 bits per heavy atom. The Balaban J connectivity index is 1.95. The van der Waals surface area contributed by atoms with Crippen molar-refractivity contribution in [1.29, 1.82) is 0 Å². The highest BCUT2D eigenvalue weighted by Gasteiger charge is 2.35. The summed E-state index contributed by atoms with van der Waals surface area (Å²) in [7, 11) is 0. The number of aliphatic imine (C=N–C) groups is 1. The number of para-hydroxylation sites is 1. The van der Waals surface area contributed by atoms with Crippen molar-refractivity contribution in [3.8, 4) is 0 Å². The van der Waals surface area contributed by atoms with Crippen LogP contribution in [0.1, 0.15) is 43.6 Å². The molecular formula is C19H17BrN4. The molecule has 24 heavy (non-hydrogen) atoms. The average molecular weight is 381 g/mol. The Kier molecular flexibility index (Phi) is 3.49. The first-order valence-corrected chi connectivity index (χ1v) is 8.74. The zero-order chi connectivity index (χ0) is 16.9. The van der Waals surface area contributed by atoms with E-state index in [0.717, 1.165) is 26.8 Å². The second-order valence-electron chi connectivity index (χ2n) is 6.69. The molecule has 1 atom stereocenters. The SMILES string of the molecule is CC1c2cc(Br)ccc2C(c2nnc3ccccc3n2)=NC1(C)C. The summed E-state index contributed by atoms with van der Waals surface area (Å²) in [5.74, 6) is 0.888. The fraction of sp³-hybridized carbons (Fsp3) is 0.263. The second-order valence-corrected chi connectivity index (χ2v) is 7.61. The molecule has 4 nitrogen and oxygen atoms in total. The minimum atomic E-state index is -0.224. The topological polar surface area (TPSA) is 51.0 Å². The Bertz CT molecular complexity index is 978. The van der Waals surface area contributed by atoms with Crippen molar-refractivity contribution in [2.24, 2.45) is 4.99 Å². The number of nitrogens with zero attached hydrogens (tertiary/aromatic N) is 4. The van der Waals surface area contributed by atoms with Crippen LogP contribution in [0.25, 0.3) is 11.0 Å². The third kappa shape index (κ3) is 2.44. The molecule has 0 amide bonds. The lowest BCUT2D eigenvalue weighted by atomic mass is 9.78. The van der Waals surface area contributed by atoms with Gasteiger partial charge in [-0.3, -0.25) is 4.99 Å². The minimum Gasteiger partial charge on any atom is -0.274 e. The van der Waals surface area contributed by atoms with Crippen molar-refractivity contribution < 1.29 is 0 Å². The maximum atomic E-state index is 4.98. The van der Waals surface area contributed by atoms with Crippen LogP contribution in [0.15, 0.2) is 51.9 Å². The van der Waals surface area contributed by atoms with Gasteiger partial charge in [0.2, 0.25) is 5.82 Å². The van der Waals surface area contributed by atoms with E-state index in [4.69, 9.17) is 9.98 Å². The smallest absolute Gasteiger partial charge is 0.201 e. The second kappa shape index (κ2) is 5.45. The van der Waals surface area contributed by atoms with Crippen LogP contribution < -0.4 is 0 Å². The monoisotopic (exact) mass is 380 g/mol. The molecular weight excluding hydrogens is 364 g/mol. The summed E-state index contributed by atoms with van der Waals surface area (Å²) in [4.78, 5) is 9.67. The third-order valence-corrected chi connectivity index (χ3v) is 5.26. The Morgan fingerprint density at radius 3 is 2.54 bits per heavy atom. The number of benzene rings is 2. The fourth-order valence-electron chi connectivity index (χ4n) is 3.08. The molecule has 0 bridgehead atoms. The lowest BCUT2D eigenvalue weighted by Crippen LogP contribution is -2.33. The molecule has 1 aromatic heterocycles. The van der Waals surface area contributed by atoms with Crippen LogP contribution in [0.3, 0.4) is 0 Å². The maximum absolute atomic E-state index is 4.98. The van der Waals surface area contributed by atoms with E-state index in [1.54, 1.807) is 0 Å². The van der Waals surface area contributed by atoms with Crippen molar-refractivity contribution in [2.45, 2.75) is 32.2 Å². The molecule has 0 aliphatic carbocycles. The molecule has 3 aromatic rings. The molecule has 0 radical (unpaired) electrons. The van der Waals surface area contributed by atoms with Crippen molar-refractivity contribution in [1.82, 2.24) is 15.2 Å². The van der Waals surface area contributed by atoms with Crippen molar-refractivity contribution >= 4 is 32.7 Å². The standard InChI is InChI=1S/C19H17BrN4/c1-11-14-10-12(20)8-9-13(14)17(22-19(11,2)3)18-21-15-6-4-5-7-16(15)23-24-18/h4-11H,1-3H3. The van der Waals surface area contributed by atoms with E-state index >= 15 is 0 Å². The van der Waals surface area contributed by atoms with Gasteiger partial charge < -0.3 is 0 Å². The Labute approximate surface area is 149 Å². The van der Waals surface area contributed by atoms with Crippen LogP contribution in [0.2, 0.25) is 0 Å². The summed E-state index contributed by atoms with van der Waals surface area (Å²) in [6, 6.07) is 14.1. The number of hydrogen-bond acceptors (Lipinski definition) is 4. The zero-order valence-electron chi connectivity index (χ0n) is 13.8. The molecule has 4 rings (SSSR count). The number of rotatable bonds is 1. The van der Waals surface area contributed by atoms with Gasteiger partial charge in [-0.15, -0.1) is 10.2 Å². The van der Waals surface area contributed by atoms with Gasteiger partial charge in [0.25, 0.3) is 0 Å². The van der Waals surface area contributed by atoms with Gasteiger partial charge in [-0.05, 0) is 43.7 Å². The Hall–Kier alpha value is -2.14. The number of aromatic nitrogens is 3. The molecule has 2 aromatic carbocycles. The van der Waals surface area contributed by atoms with E-state index < -0.39 is 0 Å². The van der Waals surface area contributed by atoms with Gasteiger partial charge in [-0.25, -0.2) is 4.98 Å². The summed E-state index contributed by atoms with van der Waals surface area (Å²) in [6.45, 7) is 6.51. The number of halogens is 1. The first-order valence-electron chi connectivity index (χ1n) is 7.95. The lowest BCUT2D eigenvalue weighted by molar-refractivity contribution is 0.431. The number of hydrogen-bond donors (Lipinski definition) is 0. The van der Waals surface area contributed by atoms with Crippen LogP contribution >= 0.6 is 15.9 Å². The Morgan fingerprint density at radius 1 is 1.00 bits per heavy atom. The van der Waals surface area contributed by atoms with Gasteiger partial charge in [0.1, 0.15) is 11.2 Å². The van der Waals surface area contributed by atoms with Gasteiger partial charge in [-0.2, -0.15) is 0 Å². The summed E-state index contributed by atoms with van der Waals surface area (Å²) >= 11 is 3.58. The predicted molar refractivity (Wildman–Crippen MR) is 99.6 cm³/mol. The molecule has 0 saturated carbocycles. The summed E-state index contributed by atoms with van der Waals surface area (Å²) < 4.78 is 1.07. The molecule has 120 valence electrons. The average Bonchev–Trinajstić information content (AvgIpc) is 2.58. The van der Waals surface area contributed by atoms with E-state index in [-0.39, 0.29) is 5.54 Å². The highest BCUT2D eigenvalue weighted by molar-refractivity contribution is 9.10. The van der Waals surface area contributed by atoms with Crippen LogP contribution in [0.5, 0.6) is 0 Å². The van der Waals surface area contributed by atoms with Crippen LogP contribution in [-0.4, -0.2) is 26.4 Å². The first kappa shape index (κ1) is 15.4. The summed E-state index contributed by atoms with van der Waals surface area (Å²) in [5, 5.41) is 8.65. The van der Waals surface area contributed by atoms with Gasteiger partial charge in [0.15, 0.2) is 0 Å². The van der Waals surface area contributed by atoms with Gasteiger partial charge >= 0.3 is 0 Å². The summed E-state index contributed by atoms with van der Waals surface area (Å²) in [6.07, 6.45) is 0. The molecule has 0 fully saturated rings. The quantitative estimate of drug-likeness (QED) is 0.623. The van der Waals surface area contributed by atoms with E-state index in [2.05, 4.69) is 59.0 Å². The molecule has 0 N–H and O–H groups in total. The highest BCUT2D eigenvalue weighted by atomic mass is 79.9. The van der Waals surface area contributed by atoms with Crippen LogP contribution in [0.4, 0.5) is 0 Å². The van der Waals surface area contributed by atoms with E-state index in [0.29, 0.717) is 11.7 Å². The molecule has 2 heterocycles. The van der Waals surface area contributed by atoms with E-state index in [1.807, 2.05) is 30.3 Å². The summed E-state index contributed by atoms with van der Waals surface area (Å²) in [5.41, 5.74) is 4.57. The van der Waals surface area contributed by atoms with Crippen LogP contribution in [0, 0.1) is 0 Å². The van der Waals surface area contributed by atoms with Gasteiger partial charge in [0, 0.05) is 16.0 Å². The first-order chi connectivity index (χ1) is 11.5. The molecule has 5 heteroatoms. The van der Waals surface area contributed by atoms with E-state index in [1.165, 1.54) is 5.56 Å². The largest absolute Gasteiger partial charge is 0.274 e. The molecule has 1 aliphatic rings. The lowest BCUT2D eigenvalue weighted by Gasteiger charge is -2.35. The zero-order valence-corrected chi connectivity index (χ0v) is 15.4. The van der Waals surface area contributed by atoms with Crippen molar-refractivity contribution in [3.63, 3.8) is 0 Å². The normalized spacial score (nSPS) is 19.0. The van der Waals surface area contributed by atoms with Crippen LogP contribution in [-0.2, 0) is 0 Å². The fourth-order valence-corrected chi connectivity index (χ4v) is 3.46. The third-order valence-electron chi connectivity index (χ3n) is 4.77. The maximum Gasteiger partial charge on any atom is 0.201 e. The molecule has 0 saturated heterocycles.